The van der Waals surface area contributed by atoms with Gasteiger partial charge in [-0.05, 0) is 5.92 Å². The molecule has 0 spiro atoms. The molecular weight excluding hydrogens is 128 g/mol. The van der Waals surface area contributed by atoms with Gasteiger partial charge in [0.15, 0.2) is 0 Å². The molecule has 0 N–H and O–H groups in total. The Kier molecular flexibility index (Phi) is 4.63. The van der Waals surface area contributed by atoms with Crippen LogP contribution in [0.3, 0.4) is 0 Å². The Balaban J connectivity index is 3.63. The third kappa shape index (κ3) is 4.13. The maximum Gasteiger partial charge on any atom is 0.330 e. The molecule has 10 heavy (non-hydrogen) atoms. The van der Waals surface area contributed by atoms with Gasteiger partial charge in [-0.15, -0.1) is 0 Å². The van der Waals surface area contributed by atoms with Gasteiger partial charge in [-0.1, -0.05) is 26.3 Å². The molecule has 58 valence electrons. The van der Waals surface area contributed by atoms with E-state index in [2.05, 4.69) is 18.6 Å². The number of hydrogen-bond donors (Lipinski definition) is 0. The summed E-state index contributed by atoms with van der Waals surface area (Å²) in [7, 11) is 1.38. The van der Waals surface area contributed by atoms with E-state index in [9.17, 15) is 4.79 Å². The van der Waals surface area contributed by atoms with Crippen molar-refractivity contribution in [2.75, 3.05) is 7.11 Å². The standard InChI is InChI=1S/C8H14O2/c1-4-7(2)5-6-8(9)10-3/h5-7H,4H2,1-3H3/b6-5+/t7-/m0/s1. The molecule has 2 nitrogen and oxygen atoms in total. The van der Waals surface area contributed by atoms with Crippen molar-refractivity contribution in [2.24, 2.45) is 5.92 Å². The third-order valence-corrected chi connectivity index (χ3v) is 1.41. The van der Waals surface area contributed by atoms with E-state index in [1.54, 1.807) is 0 Å². The lowest BCUT2D eigenvalue weighted by Crippen LogP contribution is -1.95. The normalized spacial score (nSPS) is 13.5. The fraction of sp³-hybridized carbons (Fsp3) is 0.625. The van der Waals surface area contributed by atoms with Crippen LogP contribution in [0.15, 0.2) is 12.2 Å². The van der Waals surface area contributed by atoms with Crippen molar-refractivity contribution < 1.29 is 9.53 Å². The first-order valence-electron chi connectivity index (χ1n) is 3.46. The largest absolute Gasteiger partial charge is 0.466 e. The van der Waals surface area contributed by atoms with Crippen molar-refractivity contribution in [1.82, 2.24) is 0 Å². The molecule has 0 aliphatic carbocycles. The highest BCUT2D eigenvalue weighted by Crippen LogP contribution is 2.01. The van der Waals surface area contributed by atoms with E-state index in [1.807, 2.05) is 6.08 Å². The Morgan fingerprint density at radius 1 is 1.70 bits per heavy atom. The molecule has 0 unspecified atom stereocenters. The lowest BCUT2D eigenvalue weighted by atomic mass is 10.1. The molecule has 2 heteroatoms. The number of hydrogen-bond acceptors (Lipinski definition) is 2. The van der Waals surface area contributed by atoms with Gasteiger partial charge in [-0.2, -0.15) is 0 Å². The van der Waals surface area contributed by atoms with Crippen molar-refractivity contribution >= 4 is 5.97 Å². The molecular formula is C8H14O2. The van der Waals surface area contributed by atoms with Gasteiger partial charge in [0.25, 0.3) is 0 Å². The number of rotatable bonds is 3. The Morgan fingerprint density at radius 2 is 2.30 bits per heavy atom. The number of esters is 1. The fourth-order valence-electron chi connectivity index (χ4n) is 0.447. The zero-order valence-electron chi connectivity index (χ0n) is 6.76. The topological polar surface area (TPSA) is 26.3 Å². The van der Waals surface area contributed by atoms with Gasteiger partial charge in [-0.25, -0.2) is 4.79 Å². The van der Waals surface area contributed by atoms with Crippen LogP contribution in [0.2, 0.25) is 0 Å². The summed E-state index contributed by atoms with van der Waals surface area (Å²) in [5, 5.41) is 0. The van der Waals surface area contributed by atoms with Crippen LogP contribution < -0.4 is 0 Å². The minimum absolute atomic E-state index is 0.277. The van der Waals surface area contributed by atoms with Crippen LogP contribution in [0.4, 0.5) is 0 Å². The molecule has 0 radical (unpaired) electrons. The number of carbonyl (C=O) groups excluding carboxylic acids is 1. The van der Waals surface area contributed by atoms with E-state index in [-0.39, 0.29) is 5.97 Å². The molecule has 0 fully saturated rings. The minimum Gasteiger partial charge on any atom is -0.466 e. The average Bonchev–Trinajstić information content (AvgIpc) is 1.99. The lowest BCUT2D eigenvalue weighted by molar-refractivity contribution is -0.134. The summed E-state index contributed by atoms with van der Waals surface area (Å²) in [5.41, 5.74) is 0. The van der Waals surface area contributed by atoms with E-state index in [0.29, 0.717) is 5.92 Å². The Labute approximate surface area is 61.9 Å². The maximum absolute atomic E-state index is 10.5. The van der Waals surface area contributed by atoms with Crippen molar-refractivity contribution in [3.63, 3.8) is 0 Å². The molecule has 0 aliphatic heterocycles. The van der Waals surface area contributed by atoms with Crippen molar-refractivity contribution in [2.45, 2.75) is 20.3 Å². The van der Waals surface area contributed by atoms with Gasteiger partial charge in [0.05, 0.1) is 7.11 Å². The molecule has 1 atom stereocenters. The summed E-state index contributed by atoms with van der Waals surface area (Å²) in [4.78, 5) is 10.5. The molecule has 0 aliphatic rings. The average molecular weight is 142 g/mol. The van der Waals surface area contributed by atoms with Gasteiger partial charge >= 0.3 is 5.97 Å². The van der Waals surface area contributed by atoms with Crippen molar-refractivity contribution in [3.8, 4) is 0 Å². The monoisotopic (exact) mass is 142 g/mol. The first kappa shape index (κ1) is 9.21. The molecule has 0 aromatic rings. The van der Waals surface area contributed by atoms with Gasteiger partial charge in [0.1, 0.15) is 0 Å². The fourth-order valence-corrected chi connectivity index (χ4v) is 0.447. The Hall–Kier alpha value is -0.790. The summed E-state index contributed by atoms with van der Waals surface area (Å²) in [6.45, 7) is 4.13. The second-order valence-electron chi connectivity index (χ2n) is 2.27. The zero-order chi connectivity index (χ0) is 7.98. The van der Waals surface area contributed by atoms with Crippen LogP contribution in [0.25, 0.3) is 0 Å². The number of carbonyl (C=O) groups is 1. The first-order valence-corrected chi connectivity index (χ1v) is 3.46. The highest BCUT2D eigenvalue weighted by molar-refractivity contribution is 5.81. The first-order chi connectivity index (χ1) is 4.70. The molecule has 0 rings (SSSR count). The molecule has 0 bridgehead atoms. The van der Waals surface area contributed by atoms with Gasteiger partial charge in [-0.3, -0.25) is 0 Å². The van der Waals surface area contributed by atoms with Gasteiger partial charge < -0.3 is 4.74 Å². The zero-order valence-corrected chi connectivity index (χ0v) is 6.76. The number of methoxy groups -OCH3 is 1. The molecule has 0 saturated heterocycles. The molecule has 0 aromatic heterocycles. The van der Waals surface area contributed by atoms with Crippen molar-refractivity contribution in [1.29, 1.82) is 0 Å². The number of allylic oxidation sites excluding steroid dienone is 1. The Bertz CT molecular complexity index is 127. The minimum atomic E-state index is -0.277. The van der Waals surface area contributed by atoms with Crippen LogP contribution in [0, 0.1) is 5.92 Å². The van der Waals surface area contributed by atoms with E-state index in [1.165, 1.54) is 13.2 Å². The van der Waals surface area contributed by atoms with E-state index < -0.39 is 0 Å². The number of ether oxygens (including phenoxy) is 1. The summed E-state index contributed by atoms with van der Waals surface area (Å²) in [5.74, 6) is 0.180. The van der Waals surface area contributed by atoms with E-state index in [0.717, 1.165) is 6.42 Å². The predicted molar refractivity (Wildman–Crippen MR) is 40.6 cm³/mol. The smallest absolute Gasteiger partial charge is 0.330 e. The van der Waals surface area contributed by atoms with E-state index in [4.69, 9.17) is 0 Å². The maximum atomic E-state index is 10.5. The molecule has 0 heterocycles. The van der Waals surface area contributed by atoms with Crippen molar-refractivity contribution in [3.05, 3.63) is 12.2 Å². The third-order valence-electron chi connectivity index (χ3n) is 1.41. The highest BCUT2D eigenvalue weighted by atomic mass is 16.5. The van der Waals surface area contributed by atoms with Gasteiger partial charge in [0.2, 0.25) is 0 Å². The summed E-state index contributed by atoms with van der Waals surface area (Å²) in [6.07, 6.45) is 4.37. The lowest BCUT2D eigenvalue weighted by Gasteiger charge is -1.97. The SMILES string of the molecule is CC[C@H](C)/C=C/C(=O)OC. The van der Waals surface area contributed by atoms with Crippen LogP contribution >= 0.6 is 0 Å². The summed E-state index contributed by atoms with van der Waals surface area (Å²) >= 11 is 0. The summed E-state index contributed by atoms with van der Waals surface area (Å²) in [6, 6.07) is 0. The summed E-state index contributed by atoms with van der Waals surface area (Å²) < 4.78 is 4.42. The van der Waals surface area contributed by atoms with Crippen LogP contribution in [-0.4, -0.2) is 13.1 Å². The quantitative estimate of drug-likeness (QED) is 0.443. The Morgan fingerprint density at radius 3 is 2.70 bits per heavy atom. The van der Waals surface area contributed by atoms with Crippen LogP contribution in [-0.2, 0) is 9.53 Å². The van der Waals surface area contributed by atoms with Crippen LogP contribution in [0.1, 0.15) is 20.3 Å². The van der Waals surface area contributed by atoms with Crippen LogP contribution in [0.5, 0.6) is 0 Å². The molecule has 0 saturated carbocycles. The predicted octanol–water partition coefficient (Wildman–Crippen LogP) is 1.76. The second-order valence-corrected chi connectivity index (χ2v) is 2.27. The second kappa shape index (κ2) is 5.03. The van der Waals surface area contributed by atoms with E-state index >= 15 is 0 Å². The molecule has 0 amide bonds. The highest BCUT2D eigenvalue weighted by Gasteiger charge is 1.93. The van der Waals surface area contributed by atoms with Gasteiger partial charge in [0, 0.05) is 6.08 Å². The molecule has 0 aromatic carbocycles.